The van der Waals surface area contributed by atoms with E-state index in [1.807, 2.05) is 81.4 Å². The Morgan fingerprint density at radius 2 is 1.46 bits per heavy atom. The van der Waals surface area contributed by atoms with Crippen LogP contribution in [-0.4, -0.2) is 17.4 Å². The highest BCUT2D eigenvalue weighted by atomic mass is 16.2. The van der Waals surface area contributed by atoms with Gasteiger partial charge in [-0.3, -0.25) is 9.59 Å². The minimum Gasteiger partial charge on any atom is -0.349 e. The molecule has 24 heavy (non-hydrogen) atoms. The third kappa shape index (κ3) is 5.54. The Balaban J connectivity index is 2.14. The molecule has 2 aromatic rings. The summed E-state index contributed by atoms with van der Waals surface area (Å²) in [6.07, 6.45) is 0.243. The Bertz CT molecular complexity index is 676. The van der Waals surface area contributed by atoms with Gasteiger partial charge in [0.25, 0.3) is 0 Å². The van der Waals surface area contributed by atoms with Crippen LogP contribution in [0.1, 0.15) is 37.9 Å². The van der Waals surface area contributed by atoms with Crippen molar-refractivity contribution in [2.45, 2.75) is 38.8 Å². The molecule has 126 valence electrons. The SMILES string of the molecule is CC(C)(C)NC(=O)C(NC(=O)Cc1ccccc1)c1ccccc1. The largest absolute Gasteiger partial charge is 0.349 e. The Hall–Kier alpha value is -2.62. The fraction of sp³-hybridized carbons (Fsp3) is 0.300. The maximum Gasteiger partial charge on any atom is 0.247 e. The van der Waals surface area contributed by atoms with E-state index in [2.05, 4.69) is 10.6 Å². The van der Waals surface area contributed by atoms with Gasteiger partial charge in [-0.1, -0.05) is 60.7 Å². The molecule has 0 fully saturated rings. The zero-order valence-corrected chi connectivity index (χ0v) is 14.4. The topological polar surface area (TPSA) is 58.2 Å². The Morgan fingerprint density at radius 1 is 0.917 bits per heavy atom. The third-order valence-electron chi connectivity index (χ3n) is 3.41. The number of rotatable bonds is 5. The fourth-order valence-electron chi connectivity index (χ4n) is 2.38. The van der Waals surface area contributed by atoms with Gasteiger partial charge < -0.3 is 10.6 Å². The molecule has 0 aliphatic rings. The van der Waals surface area contributed by atoms with Crippen molar-refractivity contribution >= 4 is 11.8 Å². The number of hydrogen-bond acceptors (Lipinski definition) is 2. The molecule has 2 amide bonds. The summed E-state index contributed by atoms with van der Waals surface area (Å²) in [6, 6.07) is 18.1. The highest BCUT2D eigenvalue weighted by Gasteiger charge is 2.25. The average molecular weight is 324 g/mol. The van der Waals surface area contributed by atoms with Gasteiger partial charge in [0.05, 0.1) is 6.42 Å². The molecule has 4 nitrogen and oxygen atoms in total. The maximum atomic E-state index is 12.6. The maximum absolute atomic E-state index is 12.6. The van der Waals surface area contributed by atoms with Crippen LogP contribution in [0, 0.1) is 0 Å². The number of amides is 2. The van der Waals surface area contributed by atoms with Gasteiger partial charge in [-0.15, -0.1) is 0 Å². The number of carbonyl (C=O) groups is 2. The lowest BCUT2D eigenvalue weighted by atomic mass is 10.0. The van der Waals surface area contributed by atoms with Crippen molar-refractivity contribution in [3.05, 3.63) is 71.8 Å². The Kier molecular flexibility index (Phi) is 5.74. The molecule has 4 heteroatoms. The monoisotopic (exact) mass is 324 g/mol. The van der Waals surface area contributed by atoms with Crippen molar-refractivity contribution in [2.75, 3.05) is 0 Å². The van der Waals surface area contributed by atoms with Crippen molar-refractivity contribution < 1.29 is 9.59 Å². The average Bonchev–Trinajstić information content (AvgIpc) is 2.52. The van der Waals surface area contributed by atoms with Gasteiger partial charge in [0, 0.05) is 5.54 Å². The van der Waals surface area contributed by atoms with Gasteiger partial charge in [-0.25, -0.2) is 0 Å². The minimum absolute atomic E-state index is 0.181. The number of carbonyl (C=O) groups excluding carboxylic acids is 2. The van der Waals surface area contributed by atoms with Crippen molar-refractivity contribution in [2.24, 2.45) is 0 Å². The third-order valence-corrected chi connectivity index (χ3v) is 3.41. The van der Waals surface area contributed by atoms with E-state index in [4.69, 9.17) is 0 Å². The molecule has 0 aliphatic heterocycles. The van der Waals surface area contributed by atoms with E-state index in [0.717, 1.165) is 11.1 Å². The quantitative estimate of drug-likeness (QED) is 0.888. The number of nitrogens with one attached hydrogen (secondary N) is 2. The van der Waals surface area contributed by atoms with Crippen molar-refractivity contribution in [1.82, 2.24) is 10.6 Å². The highest BCUT2D eigenvalue weighted by Crippen LogP contribution is 2.15. The minimum atomic E-state index is -0.707. The van der Waals surface area contributed by atoms with E-state index < -0.39 is 6.04 Å². The van der Waals surface area contributed by atoms with Crippen molar-refractivity contribution in [3.63, 3.8) is 0 Å². The number of hydrogen-bond donors (Lipinski definition) is 2. The summed E-state index contributed by atoms with van der Waals surface area (Å²) in [5, 5.41) is 5.79. The lowest BCUT2D eigenvalue weighted by Gasteiger charge is -2.26. The van der Waals surface area contributed by atoms with Crippen LogP contribution in [0.2, 0.25) is 0 Å². The van der Waals surface area contributed by atoms with E-state index in [1.54, 1.807) is 0 Å². The zero-order chi connectivity index (χ0) is 17.6. The van der Waals surface area contributed by atoms with E-state index in [-0.39, 0.29) is 23.8 Å². The summed E-state index contributed by atoms with van der Waals surface area (Å²) in [5.41, 5.74) is 1.31. The Morgan fingerprint density at radius 3 is 2.00 bits per heavy atom. The summed E-state index contributed by atoms with van der Waals surface area (Å²) in [7, 11) is 0. The van der Waals surface area contributed by atoms with Crippen LogP contribution < -0.4 is 10.6 Å². The van der Waals surface area contributed by atoms with Crippen LogP contribution in [-0.2, 0) is 16.0 Å². The second-order valence-electron chi connectivity index (χ2n) is 6.81. The summed E-state index contributed by atoms with van der Waals surface area (Å²) < 4.78 is 0. The van der Waals surface area contributed by atoms with Crippen LogP contribution in [0.4, 0.5) is 0 Å². The first-order valence-corrected chi connectivity index (χ1v) is 8.05. The summed E-state index contributed by atoms with van der Waals surface area (Å²) in [4.78, 5) is 25.0. The van der Waals surface area contributed by atoms with E-state index in [0.29, 0.717) is 0 Å². The molecule has 2 aromatic carbocycles. The first-order chi connectivity index (χ1) is 11.3. The van der Waals surface area contributed by atoms with Crippen LogP contribution in [0.15, 0.2) is 60.7 Å². The van der Waals surface area contributed by atoms with Gasteiger partial charge >= 0.3 is 0 Å². The lowest BCUT2D eigenvalue weighted by Crippen LogP contribution is -2.48. The van der Waals surface area contributed by atoms with Gasteiger partial charge in [0.2, 0.25) is 11.8 Å². The predicted octanol–water partition coefficient (Wildman–Crippen LogP) is 3.00. The Labute approximate surface area is 143 Å². The van der Waals surface area contributed by atoms with E-state index in [1.165, 1.54) is 0 Å². The zero-order valence-electron chi connectivity index (χ0n) is 14.4. The molecule has 0 radical (unpaired) electrons. The fourth-order valence-corrected chi connectivity index (χ4v) is 2.38. The standard InChI is InChI=1S/C20H24N2O2/c1-20(2,3)22-19(24)18(16-12-8-5-9-13-16)21-17(23)14-15-10-6-4-7-11-15/h4-13,18H,14H2,1-3H3,(H,21,23)(H,22,24). The molecular formula is C20H24N2O2. The summed E-state index contributed by atoms with van der Waals surface area (Å²) in [5.74, 6) is -0.394. The predicted molar refractivity (Wildman–Crippen MR) is 95.4 cm³/mol. The highest BCUT2D eigenvalue weighted by molar-refractivity contribution is 5.89. The molecule has 1 unspecified atom stereocenters. The molecule has 0 heterocycles. The van der Waals surface area contributed by atoms with Gasteiger partial charge in [0.15, 0.2) is 0 Å². The molecule has 2 N–H and O–H groups in total. The first-order valence-electron chi connectivity index (χ1n) is 8.05. The van der Waals surface area contributed by atoms with Crippen LogP contribution in [0.3, 0.4) is 0 Å². The first kappa shape index (κ1) is 17.7. The summed E-state index contributed by atoms with van der Waals surface area (Å²) in [6.45, 7) is 5.75. The second kappa shape index (κ2) is 7.77. The smallest absolute Gasteiger partial charge is 0.247 e. The molecule has 0 spiro atoms. The molecule has 0 aliphatic carbocycles. The van der Waals surface area contributed by atoms with E-state index in [9.17, 15) is 9.59 Å². The van der Waals surface area contributed by atoms with Gasteiger partial charge in [-0.2, -0.15) is 0 Å². The molecule has 1 atom stereocenters. The number of benzene rings is 2. The van der Waals surface area contributed by atoms with Crippen molar-refractivity contribution in [3.8, 4) is 0 Å². The molecule has 0 aromatic heterocycles. The normalized spacial score (nSPS) is 12.3. The van der Waals surface area contributed by atoms with Crippen LogP contribution in [0.25, 0.3) is 0 Å². The summed E-state index contributed by atoms with van der Waals surface area (Å²) >= 11 is 0. The van der Waals surface area contributed by atoms with Gasteiger partial charge in [-0.05, 0) is 31.9 Å². The molecule has 0 saturated carbocycles. The van der Waals surface area contributed by atoms with Gasteiger partial charge in [0.1, 0.15) is 6.04 Å². The van der Waals surface area contributed by atoms with Crippen LogP contribution in [0.5, 0.6) is 0 Å². The molecule has 0 bridgehead atoms. The second-order valence-corrected chi connectivity index (χ2v) is 6.81. The van der Waals surface area contributed by atoms with Crippen molar-refractivity contribution in [1.29, 1.82) is 0 Å². The molecular weight excluding hydrogens is 300 g/mol. The van der Waals surface area contributed by atoms with Crippen LogP contribution >= 0.6 is 0 Å². The molecule has 2 rings (SSSR count). The molecule has 0 saturated heterocycles. The van der Waals surface area contributed by atoms with E-state index >= 15 is 0 Å². The lowest BCUT2D eigenvalue weighted by molar-refractivity contribution is -0.129.